The zero-order valence-corrected chi connectivity index (χ0v) is 10.6. The van der Waals surface area contributed by atoms with Crippen LogP contribution in [-0.4, -0.2) is 18.4 Å². The van der Waals surface area contributed by atoms with Gasteiger partial charge >= 0.3 is 0 Å². The molecule has 1 aromatic carbocycles. The van der Waals surface area contributed by atoms with Gasteiger partial charge in [0.05, 0.1) is 5.92 Å². The highest BCUT2D eigenvalue weighted by atomic mass is 16.2. The van der Waals surface area contributed by atoms with Crippen molar-refractivity contribution in [2.45, 2.75) is 20.3 Å². The van der Waals surface area contributed by atoms with E-state index in [9.17, 15) is 9.59 Å². The van der Waals surface area contributed by atoms with Crippen molar-refractivity contribution in [3.8, 4) is 0 Å². The first-order valence-corrected chi connectivity index (χ1v) is 5.91. The Morgan fingerprint density at radius 1 is 1.39 bits per heavy atom. The van der Waals surface area contributed by atoms with E-state index in [1.165, 1.54) is 5.56 Å². The van der Waals surface area contributed by atoms with Gasteiger partial charge in [-0.05, 0) is 37.1 Å². The second-order valence-corrected chi connectivity index (χ2v) is 4.68. The summed E-state index contributed by atoms with van der Waals surface area (Å²) in [5.74, 6) is 4.42. The predicted octanol–water partition coefficient (Wildman–Crippen LogP) is 0.646. The Kier molecular flexibility index (Phi) is 3.34. The maximum atomic E-state index is 11.9. The zero-order chi connectivity index (χ0) is 13.3. The lowest BCUT2D eigenvalue weighted by Gasteiger charge is -2.17. The molecule has 3 N–H and O–H groups in total. The monoisotopic (exact) mass is 247 g/mol. The van der Waals surface area contributed by atoms with E-state index in [2.05, 4.69) is 5.43 Å². The molecular formula is C13H17N3O2. The van der Waals surface area contributed by atoms with Crippen molar-refractivity contribution in [2.75, 3.05) is 11.4 Å². The van der Waals surface area contributed by atoms with Gasteiger partial charge in [0.15, 0.2) is 0 Å². The van der Waals surface area contributed by atoms with Crippen molar-refractivity contribution < 1.29 is 9.59 Å². The molecule has 18 heavy (non-hydrogen) atoms. The van der Waals surface area contributed by atoms with Crippen LogP contribution in [-0.2, 0) is 9.59 Å². The Labute approximate surface area is 106 Å². The van der Waals surface area contributed by atoms with Crippen LogP contribution in [0.15, 0.2) is 18.2 Å². The summed E-state index contributed by atoms with van der Waals surface area (Å²) in [5.41, 5.74) is 5.26. The molecule has 1 fully saturated rings. The van der Waals surface area contributed by atoms with Gasteiger partial charge in [-0.2, -0.15) is 0 Å². The maximum absolute atomic E-state index is 11.9. The molecule has 1 aliphatic rings. The Bertz CT molecular complexity index is 499. The van der Waals surface area contributed by atoms with E-state index in [1.807, 2.05) is 32.0 Å². The molecule has 1 unspecified atom stereocenters. The number of nitrogens with two attached hydrogens (primary N) is 1. The number of hydrogen-bond donors (Lipinski definition) is 2. The minimum absolute atomic E-state index is 0.0353. The van der Waals surface area contributed by atoms with Gasteiger partial charge < -0.3 is 4.90 Å². The number of hydrogen-bond acceptors (Lipinski definition) is 3. The predicted molar refractivity (Wildman–Crippen MR) is 68.7 cm³/mol. The molecule has 1 atom stereocenters. The number of amides is 2. The van der Waals surface area contributed by atoms with Crippen molar-refractivity contribution in [3.05, 3.63) is 29.3 Å². The van der Waals surface area contributed by atoms with Crippen LogP contribution in [0.4, 0.5) is 5.69 Å². The standard InChI is InChI=1S/C13H17N3O2/c1-8-3-4-11(5-9(8)2)16-7-10(6-12(16)17)13(18)15-14/h3-5,10H,6-7,14H2,1-2H3,(H,15,18). The van der Waals surface area contributed by atoms with Crippen LogP contribution in [0.3, 0.4) is 0 Å². The number of rotatable bonds is 2. The normalized spacial score (nSPS) is 19.2. The lowest BCUT2D eigenvalue weighted by Crippen LogP contribution is -2.37. The highest BCUT2D eigenvalue weighted by molar-refractivity contribution is 6.00. The Balaban J connectivity index is 2.21. The molecule has 1 saturated heterocycles. The van der Waals surface area contributed by atoms with E-state index in [0.717, 1.165) is 11.3 Å². The molecule has 2 amide bonds. The van der Waals surface area contributed by atoms with Crippen molar-refractivity contribution >= 4 is 17.5 Å². The van der Waals surface area contributed by atoms with Crippen LogP contribution in [0.25, 0.3) is 0 Å². The summed E-state index contributed by atoms with van der Waals surface area (Å²) in [6.45, 7) is 4.42. The van der Waals surface area contributed by atoms with Gasteiger partial charge in [-0.3, -0.25) is 15.0 Å². The molecular weight excluding hydrogens is 230 g/mol. The van der Waals surface area contributed by atoms with Gasteiger partial charge in [0.1, 0.15) is 0 Å². The molecule has 0 aliphatic carbocycles. The molecule has 0 bridgehead atoms. The molecule has 0 saturated carbocycles. The van der Waals surface area contributed by atoms with Gasteiger partial charge in [-0.1, -0.05) is 6.07 Å². The van der Waals surface area contributed by atoms with Gasteiger partial charge in [0.2, 0.25) is 11.8 Å². The number of nitrogens with one attached hydrogen (secondary N) is 1. The number of anilines is 1. The number of carbonyl (C=O) groups is 2. The molecule has 5 heteroatoms. The molecule has 1 heterocycles. The fraction of sp³-hybridized carbons (Fsp3) is 0.385. The lowest BCUT2D eigenvalue weighted by molar-refractivity contribution is -0.126. The van der Waals surface area contributed by atoms with Crippen molar-refractivity contribution in [3.63, 3.8) is 0 Å². The summed E-state index contributed by atoms with van der Waals surface area (Å²) in [7, 11) is 0. The quantitative estimate of drug-likeness (QED) is 0.457. The van der Waals surface area contributed by atoms with Crippen molar-refractivity contribution in [1.29, 1.82) is 0 Å². The second kappa shape index (κ2) is 4.78. The lowest BCUT2D eigenvalue weighted by atomic mass is 10.1. The average Bonchev–Trinajstić information content (AvgIpc) is 2.74. The molecule has 96 valence electrons. The summed E-state index contributed by atoms with van der Waals surface area (Å²) in [4.78, 5) is 25.0. The SMILES string of the molecule is Cc1ccc(N2CC(C(=O)NN)CC2=O)cc1C. The Morgan fingerprint density at radius 3 is 2.72 bits per heavy atom. The second-order valence-electron chi connectivity index (χ2n) is 4.68. The van der Waals surface area contributed by atoms with Gasteiger partial charge in [-0.25, -0.2) is 5.84 Å². The summed E-state index contributed by atoms with van der Waals surface area (Å²) in [6, 6.07) is 5.85. The molecule has 1 aliphatic heterocycles. The first kappa shape index (κ1) is 12.6. The molecule has 0 radical (unpaired) electrons. The Morgan fingerprint density at radius 2 is 2.11 bits per heavy atom. The third-order valence-corrected chi connectivity index (χ3v) is 3.44. The third-order valence-electron chi connectivity index (χ3n) is 3.44. The van der Waals surface area contributed by atoms with E-state index in [0.29, 0.717) is 6.54 Å². The molecule has 5 nitrogen and oxygen atoms in total. The number of carbonyl (C=O) groups excluding carboxylic acids is 2. The van der Waals surface area contributed by atoms with Crippen LogP contribution in [0, 0.1) is 19.8 Å². The molecule has 2 rings (SSSR count). The topological polar surface area (TPSA) is 75.4 Å². The summed E-state index contributed by atoms with van der Waals surface area (Å²) < 4.78 is 0. The van der Waals surface area contributed by atoms with Crippen LogP contribution in [0.1, 0.15) is 17.5 Å². The van der Waals surface area contributed by atoms with E-state index in [-0.39, 0.29) is 24.2 Å². The average molecular weight is 247 g/mol. The summed E-state index contributed by atoms with van der Waals surface area (Å²) in [6.07, 6.45) is 0.218. The number of nitrogens with zero attached hydrogens (tertiary/aromatic N) is 1. The Hall–Kier alpha value is -1.88. The van der Waals surface area contributed by atoms with Gasteiger partial charge in [0, 0.05) is 18.7 Å². The van der Waals surface area contributed by atoms with Crippen LogP contribution < -0.4 is 16.2 Å². The van der Waals surface area contributed by atoms with Crippen LogP contribution in [0.2, 0.25) is 0 Å². The summed E-state index contributed by atoms with van der Waals surface area (Å²) >= 11 is 0. The minimum atomic E-state index is -0.357. The highest BCUT2D eigenvalue weighted by Crippen LogP contribution is 2.26. The van der Waals surface area contributed by atoms with Crippen molar-refractivity contribution in [2.24, 2.45) is 11.8 Å². The first-order valence-electron chi connectivity index (χ1n) is 5.91. The van der Waals surface area contributed by atoms with E-state index < -0.39 is 0 Å². The molecule has 0 spiro atoms. The smallest absolute Gasteiger partial charge is 0.239 e. The zero-order valence-electron chi connectivity index (χ0n) is 10.6. The van der Waals surface area contributed by atoms with Gasteiger partial charge in [0.25, 0.3) is 0 Å². The highest BCUT2D eigenvalue weighted by Gasteiger charge is 2.34. The van der Waals surface area contributed by atoms with Crippen LogP contribution in [0.5, 0.6) is 0 Å². The van der Waals surface area contributed by atoms with E-state index in [1.54, 1.807) is 4.90 Å². The largest absolute Gasteiger partial charge is 0.312 e. The summed E-state index contributed by atoms with van der Waals surface area (Å²) in [5, 5.41) is 0. The number of benzene rings is 1. The minimum Gasteiger partial charge on any atom is -0.312 e. The number of aryl methyl sites for hydroxylation is 2. The van der Waals surface area contributed by atoms with Crippen LogP contribution >= 0.6 is 0 Å². The first-order chi connectivity index (χ1) is 8.52. The van der Waals surface area contributed by atoms with E-state index in [4.69, 9.17) is 5.84 Å². The molecule has 1 aromatic rings. The molecule has 0 aromatic heterocycles. The van der Waals surface area contributed by atoms with Crippen molar-refractivity contribution in [1.82, 2.24) is 5.43 Å². The number of hydrazine groups is 1. The van der Waals surface area contributed by atoms with E-state index >= 15 is 0 Å². The fourth-order valence-electron chi connectivity index (χ4n) is 2.14. The third kappa shape index (κ3) is 2.22. The van der Waals surface area contributed by atoms with Gasteiger partial charge in [-0.15, -0.1) is 0 Å². The fourth-order valence-corrected chi connectivity index (χ4v) is 2.14. The maximum Gasteiger partial charge on any atom is 0.239 e.